The van der Waals surface area contributed by atoms with Gasteiger partial charge in [-0.3, -0.25) is 0 Å². The summed E-state index contributed by atoms with van der Waals surface area (Å²) in [5.41, 5.74) is 4.83. The molecule has 0 heterocycles. The highest BCUT2D eigenvalue weighted by molar-refractivity contribution is 14.1. The summed E-state index contributed by atoms with van der Waals surface area (Å²) in [6.07, 6.45) is -7.65. The molecule has 2 atom stereocenters. The minimum absolute atomic E-state index is 0. The van der Waals surface area contributed by atoms with Crippen LogP contribution in [0.2, 0.25) is 0 Å². The number of aliphatic hydroxyl groups excluding tert-OH is 1. The van der Waals surface area contributed by atoms with Crippen molar-refractivity contribution in [3.63, 3.8) is 0 Å². The zero-order valence-electron chi connectivity index (χ0n) is 8.21. The zero-order chi connectivity index (χ0) is 12.5. The minimum atomic E-state index is -4.87. The molecule has 0 aliphatic rings. The lowest BCUT2D eigenvalue weighted by Crippen LogP contribution is -2.39. The van der Waals surface area contributed by atoms with E-state index in [0.717, 1.165) is 6.07 Å². The lowest BCUT2D eigenvalue weighted by molar-refractivity contribution is -0.210. The van der Waals surface area contributed by atoms with Crippen molar-refractivity contribution >= 4 is 35.0 Å². The van der Waals surface area contributed by atoms with Gasteiger partial charge in [-0.1, -0.05) is 0 Å². The molecule has 0 aromatic heterocycles. The van der Waals surface area contributed by atoms with Crippen molar-refractivity contribution in [3.8, 4) is 0 Å². The Morgan fingerprint density at radius 1 is 1.29 bits per heavy atom. The average molecular weight is 386 g/mol. The topological polar surface area (TPSA) is 46.2 Å². The van der Waals surface area contributed by atoms with Crippen LogP contribution in [0.1, 0.15) is 11.6 Å². The second-order valence-corrected chi connectivity index (χ2v) is 4.42. The van der Waals surface area contributed by atoms with Gasteiger partial charge in [0.15, 0.2) is 6.10 Å². The summed E-state index contributed by atoms with van der Waals surface area (Å²) < 4.78 is 50.2. The summed E-state index contributed by atoms with van der Waals surface area (Å²) >= 11 is 1.81. The van der Waals surface area contributed by atoms with Crippen molar-refractivity contribution in [1.29, 1.82) is 0 Å². The summed E-state index contributed by atoms with van der Waals surface area (Å²) in [6.45, 7) is 0. The minimum Gasteiger partial charge on any atom is -0.382 e. The number of benzene rings is 1. The van der Waals surface area contributed by atoms with Gasteiger partial charge in [0.05, 0.1) is 6.04 Å². The second kappa shape index (κ2) is 6.17. The lowest BCUT2D eigenvalue weighted by Gasteiger charge is -2.22. The predicted molar refractivity (Wildman–Crippen MR) is 65.4 cm³/mol. The first-order valence-corrected chi connectivity index (χ1v) is 5.26. The van der Waals surface area contributed by atoms with Crippen LogP contribution in [0.5, 0.6) is 0 Å². The molecule has 0 saturated carbocycles. The van der Waals surface area contributed by atoms with E-state index < -0.39 is 24.1 Å². The largest absolute Gasteiger partial charge is 0.416 e. The molecular weight excluding hydrogens is 376 g/mol. The van der Waals surface area contributed by atoms with Crippen molar-refractivity contribution in [3.05, 3.63) is 33.1 Å². The average Bonchev–Trinajstić information content (AvgIpc) is 2.18. The Morgan fingerprint density at radius 2 is 1.82 bits per heavy atom. The fraction of sp³-hybridized carbons (Fsp3) is 0.333. The van der Waals surface area contributed by atoms with Crippen LogP contribution >= 0.6 is 35.0 Å². The fourth-order valence-electron chi connectivity index (χ4n) is 1.14. The van der Waals surface area contributed by atoms with Gasteiger partial charge in [-0.15, -0.1) is 12.4 Å². The first kappa shape index (κ1) is 16.9. The lowest BCUT2D eigenvalue weighted by atomic mass is 10.0. The van der Waals surface area contributed by atoms with E-state index in [0.29, 0.717) is 3.57 Å². The number of hydrogen-bond donors (Lipinski definition) is 2. The number of rotatable bonds is 2. The van der Waals surface area contributed by atoms with Crippen LogP contribution in [-0.4, -0.2) is 17.4 Å². The third kappa shape index (κ3) is 4.23. The normalized spacial score (nSPS) is 15.0. The molecule has 2 nitrogen and oxygen atoms in total. The Bertz CT molecular complexity index is 388. The Labute approximate surface area is 115 Å². The molecule has 8 heteroatoms. The van der Waals surface area contributed by atoms with Gasteiger partial charge in [0.25, 0.3) is 0 Å². The second-order valence-electron chi connectivity index (χ2n) is 3.18. The molecule has 0 spiro atoms. The molecule has 0 bridgehead atoms. The Hall–Kier alpha value is -0.120. The summed E-state index contributed by atoms with van der Waals surface area (Å²) in [4.78, 5) is 0. The van der Waals surface area contributed by atoms with E-state index in [4.69, 9.17) is 10.8 Å². The molecule has 0 unspecified atom stereocenters. The van der Waals surface area contributed by atoms with Crippen molar-refractivity contribution in [1.82, 2.24) is 0 Å². The molecule has 1 aromatic carbocycles. The molecule has 0 amide bonds. The monoisotopic (exact) mass is 385 g/mol. The van der Waals surface area contributed by atoms with Gasteiger partial charge in [-0.25, -0.2) is 4.39 Å². The third-order valence-corrected chi connectivity index (χ3v) is 2.66. The van der Waals surface area contributed by atoms with Crippen LogP contribution < -0.4 is 5.73 Å². The van der Waals surface area contributed by atoms with Crippen molar-refractivity contribution in [2.75, 3.05) is 0 Å². The molecule has 17 heavy (non-hydrogen) atoms. The quantitative estimate of drug-likeness (QED) is 0.607. The predicted octanol–water partition coefficient (Wildman–Crippen LogP) is 2.78. The first-order chi connectivity index (χ1) is 7.23. The molecule has 0 aliphatic heterocycles. The highest BCUT2D eigenvalue weighted by Gasteiger charge is 2.43. The van der Waals surface area contributed by atoms with Gasteiger partial charge in [0.2, 0.25) is 0 Å². The maximum absolute atomic E-state index is 13.2. The van der Waals surface area contributed by atoms with E-state index in [1.165, 1.54) is 12.1 Å². The maximum atomic E-state index is 13.2. The van der Waals surface area contributed by atoms with Crippen molar-refractivity contribution in [2.24, 2.45) is 5.73 Å². The van der Waals surface area contributed by atoms with E-state index in [2.05, 4.69) is 0 Å². The number of hydrogen-bond acceptors (Lipinski definition) is 2. The van der Waals surface area contributed by atoms with Crippen LogP contribution in [0.15, 0.2) is 18.2 Å². The Balaban J connectivity index is 0.00000256. The van der Waals surface area contributed by atoms with E-state index in [1.807, 2.05) is 22.6 Å². The number of halogens is 6. The SMILES string of the molecule is Cl.N[C@H](c1cc(I)ccc1F)[C@@H](O)C(F)(F)F. The number of aliphatic hydroxyl groups is 1. The van der Waals surface area contributed by atoms with E-state index in [-0.39, 0.29) is 18.0 Å². The van der Waals surface area contributed by atoms with Crippen LogP contribution in [-0.2, 0) is 0 Å². The molecular formula is C9H9ClF4INO. The van der Waals surface area contributed by atoms with Crippen molar-refractivity contribution in [2.45, 2.75) is 18.3 Å². The number of nitrogens with two attached hydrogens (primary N) is 1. The van der Waals surface area contributed by atoms with Crippen LogP contribution in [0.25, 0.3) is 0 Å². The fourth-order valence-corrected chi connectivity index (χ4v) is 1.66. The molecule has 1 rings (SSSR count). The zero-order valence-corrected chi connectivity index (χ0v) is 11.2. The molecule has 0 aliphatic carbocycles. The van der Waals surface area contributed by atoms with Gasteiger partial charge < -0.3 is 10.8 Å². The highest BCUT2D eigenvalue weighted by atomic mass is 127. The summed E-state index contributed by atoms with van der Waals surface area (Å²) in [5.74, 6) is -0.865. The van der Waals surface area contributed by atoms with Crippen LogP contribution in [0.4, 0.5) is 17.6 Å². The molecule has 3 N–H and O–H groups in total. The third-order valence-electron chi connectivity index (χ3n) is 1.99. The molecule has 98 valence electrons. The van der Waals surface area contributed by atoms with Gasteiger partial charge in [-0.2, -0.15) is 13.2 Å². The smallest absolute Gasteiger partial charge is 0.382 e. The summed E-state index contributed by atoms with van der Waals surface area (Å²) in [5, 5.41) is 8.90. The van der Waals surface area contributed by atoms with Gasteiger partial charge in [-0.05, 0) is 40.8 Å². The standard InChI is InChI=1S/C9H8F4INO.ClH/c10-6-2-1-4(14)3-5(6)7(15)8(16)9(11,12)13;/h1-3,7-8,16H,15H2;1H/t7-,8-;/m1./s1. The van der Waals surface area contributed by atoms with Gasteiger partial charge in [0.1, 0.15) is 5.82 Å². The Morgan fingerprint density at radius 3 is 2.29 bits per heavy atom. The van der Waals surface area contributed by atoms with Crippen molar-refractivity contribution < 1.29 is 22.7 Å². The van der Waals surface area contributed by atoms with Gasteiger partial charge >= 0.3 is 6.18 Å². The van der Waals surface area contributed by atoms with E-state index >= 15 is 0 Å². The number of alkyl halides is 3. The van der Waals surface area contributed by atoms with Gasteiger partial charge in [0, 0.05) is 9.13 Å². The Kier molecular flexibility index (Phi) is 6.12. The first-order valence-electron chi connectivity index (χ1n) is 4.19. The van der Waals surface area contributed by atoms with Crippen LogP contribution in [0, 0.1) is 9.39 Å². The molecule has 0 radical (unpaired) electrons. The van der Waals surface area contributed by atoms with E-state index in [9.17, 15) is 17.6 Å². The van der Waals surface area contributed by atoms with Crippen LogP contribution in [0.3, 0.4) is 0 Å². The molecule has 0 saturated heterocycles. The summed E-state index contributed by atoms with van der Waals surface area (Å²) in [7, 11) is 0. The molecule has 0 fully saturated rings. The maximum Gasteiger partial charge on any atom is 0.416 e. The summed E-state index contributed by atoms with van der Waals surface area (Å²) in [6, 6.07) is 1.76. The van der Waals surface area contributed by atoms with E-state index in [1.54, 1.807) is 0 Å². The highest BCUT2D eigenvalue weighted by Crippen LogP contribution is 2.30. The molecule has 1 aromatic rings.